The van der Waals surface area contributed by atoms with Crippen molar-refractivity contribution in [2.75, 3.05) is 27.2 Å². The Morgan fingerprint density at radius 3 is 2.62 bits per heavy atom. The zero-order valence-corrected chi connectivity index (χ0v) is 16.8. The largest absolute Gasteiger partial charge is 0.493 e. The van der Waals surface area contributed by atoms with Gasteiger partial charge in [-0.1, -0.05) is 18.2 Å². The number of halogens is 3. The molecule has 0 amide bonds. The quantitative estimate of drug-likeness (QED) is 0.699. The summed E-state index contributed by atoms with van der Waals surface area (Å²) in [6.07, 6.45) is -1.90. The lowest BCUT2D eigenvalue weighted by Gasteiger charge is -2.20. The molecule has 29 heavy (non-hydrogen) atoms. The molecule has 2 aromatic carbocycles. The summed E-state index contributed by atoms with van der Waals surface area (Å²) in [6.45, 7) is 2.84. The molecule has 0 bridgehead atoms. The van der Waals surface area contributed by atoms with Gasteiger partial charge in [-0.15, -0.1) is 0 Å². The highest BCUT2D eigenvalue weighted by Gasteiger charge is 2.30. The second kappa shape index (κ2) is 9.50. The molecule has 1 saturated heterocycles. The van der Waals surface area contributed by atoms with Gasteiger partial charge in [0.25, 0.3) is 0 Å². The molecule has 1 unspecified atom stereocenters. The Morgan fingerprint density at radius 1 is 1.10 bits per heavy atom. The first kappa shape index (κ1) is 21.5. The van der Waals surface area contributed by atoms with Gasteiger partial charge in [-0.2, -0.15) is 13.2 Å². The normalized spacial score (nSPS) is 17.5. The third-order valence-electron chi connectivity index (χ3n) is 5.26. The van der Waals surface area contributed by atoms with Gasteiger partial charge in [-0.3, -0.25) is 0 Å². The van der Waals surface area contributed by atoms with Gasteiger partial charge < -0.3 is 19.7 Å². The van der Waals surface area contributed by atoms with Gasteiger partial charge >= 0.3 is 6.18 Å². The third kappa shape index (κ3) is 5.87. The van der Waals surface area contributed by atoms with Crippen molar-refractivity contribution in [3.63, 3.8) is 0 Å². The smallest absolute Gasteiger partial charge is 0.416 e. The minimum absolute atomic E-state index is 0.0336. The first-order valence-corrected chi connectivity index (χ1v) is 9.73. The van der Waals surface area contributed by atoms with Gasteiger partial charge in [0.1, 0.15) is 6.61 Å². The lowest BCUT2D eigenvalue weighted by Crippen LogP contribution is -2.35. The van der Waals surface area contributed by atoms with Crippen LogP contribution < -0.4 is 14.8 Å². The van der Waals surface area contributed by atoms with Crippen molar-refractivity contribution in [1.82, 2.24) is 10.2 Å². The summed E-state index contributed by atoms with van der Waals surface area (Å²) in [6, 6.07) is 11.4. The number of likely N-dealkylation sites (tertiary alicyclic amines) is 1. The van der Waals surface area contributed by atoms with Gasteiger partial charge in [0.15, 0.2) is 11.5 Å². The van der Waals surface area contributed by atoms with E-state index in [0.717, 1.165) is 30.8 Å². The van der Waals surface area contributed by atoms with E-state index in [1.54, 1.807) is 19.2 Å². The van der Waals surface area contributed by atoms with E-state index in [1.165, 1.54) is 18.9 Å². The van der Waals surface area contributed by atoms with E-state index in [0.29, 0.717) is 29.6 Å². The number of hydrogen-bond acceptors (Lipinski definition) is 4. The van der Waals surface area contributed by atoms with Gasteiger partial charge in [0, 0.05) is 19.1 Å². The molecule has 0 aromatic heterocycles. The molecule has 0 spiro atoms. The maximum absolute atomic E-state index is 12.8. The first-order valence-electron chi connectivity index (χ1n) is 9.73. The average molecular weight is 408 g/mol. The highest BCUT2D eigenvalue weighted by Crippen LogP contribution is 2.31. The number of rotatable bonds is 8. The molecule has 0 saturated carbocycles. The molecule has 1 heterocycles. The average Bonchev–Trinajstić information content (AvgIpc) is 3.11. The zero-order chi connectivity index (χ0) is 20.9. The topological polar surface area (TPSA) is 33.7 Å². The number of ether oxygens (including phenoxy) is 2. The number of alkyl halides is 3. The van der Waals surface area contributed by atoms with E-state index in [1.807, 2.05) is 12.1 Å². The van der Waals surface area contributed by atoms with Gasteiger partial charge in [0.05, 0.1) is 12.7 Å². The molecule has 2 aromatic rings. The van der Waals surface area contributed by atoms with Gasteiger partial charge in [0.2, 0.25) is 0 Å². The van der Waals surface area contributed by atoms with Crippen LogP contribution in [0.2, 0.25) is 0 Å². The molecule has 4 nitrogen and oxygen atoms in total. The Kier molecular flexibility index (Phi) is 7.03. The van der Waals surface area contributed by atoms with E-state index in [4.69, 9.17) is 9.47 Å². The highest BCUT2D eigenvalue weighted by molar-refractivity contribution is 5.43. The molecule has 158 valence electrons. The minimum atomic E-state index is -4.37. The van der Waals surface area contributed by atoms with Crippen LogP contribution in [0.15, 0.2) is 42.5 Å². The summed E-state index contributed by atoms with van der Waals surface area (Å²) in [5.41, 5.74) is 0.835. The molecular weight excluding hydrogens is 381 g/mol. The number of nitrogens with zero attached hydrogens (tertiary/aromatic N) is 1. The maximum Gasteiger partial charge on any atom is 0.416 e. The summed E-state index contributed by atoms with van der Waals surface area (Å²) in [7, 11) is 3.70. The molecule has 1 fully saturated rings. The molecule has 1 N–H and O–H groups in total. The van der Waals surface area contributed by atoms with Crippen molar-refractivity contribution in [3.8, 4) is 11.5 Å². The van der Waals surface area contributed by atoms with Crippen LogP contribution in [-0.2, 0) is 19.3 Å². The maximum atomic E-state index is 12.8. The fourth-order valence-corrected chi connectivity index (χ4v) is 3.56. The number of benzene rings is 2. The van der Waals surface area contributed by atoms with E-state index >= 15 is 0 Å². The summed E-state index contributed by atoms with van der Waals surface area (Å²) < 4.78 is 49.7. The predicted molar refractivity (Wildman–Crippen MR) is 106 cm³/mol. The summed E-state index contributed by atoms with van der Waals surface area (Å²) >= 11 is 0. The third-order valence-corrected chi connectivity index (χ3v) is 5.26. The Bertz CT molecular complexity index is 811. The van der Waals surface area contributed by atoms with Gasteiger partial charge in [-0.25, -0.2) is 0 Å². The lowest BCUT2D eigenvalue weighted by molar-refractivity contribution is -0.137. The van der Waals surface area contributed by atoms with E-state index in [9.17, 15) is 13.2 Å². The van der Waals surface area contributed by atoms with Crippen molar-refractivity contribution in [1.29, 1.82) is 0 Å². The summed E-state index contributed by atoms with van der Waals surface area (Å²) in [5, 5.41) is 3.48. The van der Waals surface area contributed by atoms with Crippen molar-refractivity contribution in [2.24, 2.45) is 0 Å². The van der Waals surface area contributed by atoms with Crippen LogP contribution in [0, 0.1) is 0 Å². The molecule has 1 aliphatic rings. The van der Waals surface area contributed by atoms with Crippen LogP contribution in [0.1, 0.15) is 29.5 Å². The van der Waals surface area contributed by atoms with Crippen molar-refractivity contribution < 1.29 is 22.6 Å². The van der Waals surface area contributed by atoms with Crippen LogP contribution in [0.25, 0.3) is 0 Å². The first-order chi connectivity index (χ1) is 13.9. The van der Waals surface area contributed by atoms with Crippen molar-refractivity contribution >= 4 is 0 Å². The molecular formula is C22H27F3N2O2. The fourth-order valence-electron chi connectivity index (χ4n) is 3.56. The minimum Gasteiger partial charge on any atom is -0.493 e. The van der Waals surface area contributed by atoms with Crippen LogP contribution in [0.5, 0.6) is 11.5 Å². The van der Waals surface area contributed by atoms with Crippen LogP contribution in [-0.4, -0.2) is 38.2 Å². The highest BCUT2D eigenvalue weighted by atomic mass is 19.4. The second-order valence-electron chi connectivity index (χ2n) is 7.38. The van der Waals surface area contributed by atoms with Crippen LogP contribution in [0.4, 0.5) is 13.2 Å². The van der Waals surface area contributed by atoms with E-state index in [2.05, 4.69) is 17.3 Å². The number of methoxy groups -OCH3 is 1. The predicted octanol–water partition coefficient (Wildman–Crippen LogP) is 4.48. The Balaban J connectivity index is 1.57. The molecule has 1 atom stereocenters. The second-order valence-corrected chi connectivity index (χ2v) is 7.38. The SMILES string of the molecule is COc1cc(CNCC2CCCN2C)ccc1OCc1cccc(C(F)(F)F)c1. The standard InChI is InChI=1S/C22H27F3N2O2/c1-27-10-4-7-19(27)14-26-13-16-8-9-20(21(12-16)28-2)29-15-17-5-3-6-18(11-17)22(23,24)25/h3,5-6,8-9,11-12,19,26H,4,7,10,13-15H2,1-2H3. The Labute approximate surface area is 169 Å². The summed E-state index contributed by atoms with van der Waals surface area (Å²) in [4.78, 5) is 2.37. The van der Waals surface area contributed by atoms with Crippen LogP contribution >= 0.6 is 0 Å². The molecule has 3 rings (SSSR count). The van der Waals surface area contributed by atoms with Crippen molar-refractivity contribution in [2.45, 2.75) is 38.2 Å². The van der Waals surface area contributed by atoms with Crippen LogP contribution in [0.3, 0.4) is 0 Å². The lowest BCUT2D eigenvalue weighted by atomic mass is 10.1. The van der Waals surface area contributed by atoms with E-state index in [-0.39, 0.29) is 6.61 Å². The number of nitrogens with one attached hydrogen (secondary N) is 1. The number of likely N-dealkylation sites (N-methyl/N-ethyl adjacent to an activating group) is 1. The summed E-state index contributed by atoms with van der Waals surface area (Å²) in [5.74, 6) is 1.07. The fraction of sp³-hybridized carbons (Fsp3) is 0.455. The van der Waals surface area contributed by atoms with E-state index < -0.39 is 11.7 Å². The molecule has 7 heteroatoms. The molecule has 0 radical (unpaired) electrons. The Hall–Kier alpha value is -2.25. The zero-order valence-electron chi connectivity index (χ0n) is 16.8. The molecule has 0 aliphatic carbocycles. The monoisotopic (exact) mass is 408 g/mol. The molecule has 1 aliphatic heterocycles. The Morgan fingerprint density at radius 2 is 1.93 bits per heavy atom. The number of hydrogen-bond donors (Lipinski definition) is 1. The van der Waals surface area contributed by atoms with Crippen molar-refractivity contribution in [3.05, 3.63) is 59.2 Å². The van der Waals surface area contributed by atoms with Gasteiger partial charge in [-0.05, 0) is 61.8 Å².